The lowest BCUT2D eigenvalue weighted by Crippen LogP contribution is -2.25. The van der Waals surface area contributed by atoms with Crippen molar-refractivity contribution in [3.05, 3.63) is 39.2 Å². The van der Waals surface area contributed by atoms with Crippen molar-refractivity contribution >= 4 is 16.9 Å². The van der Waals surface area contributed by atoms with Crippen molar-refractivity contribution in [2.75, 3.05) is 19.7 Å². The number of phenolic OH excluding ortho intramolecular Hbond substituents is 1. The fourth-order valence-electron chi connectivity index (χ4n) is 3.50. The van der Waals surface area contributed by atoms with Crippen molar-refractivity contribution in [1.29, 1.82) is 0 Å². The second-order valence-corrected chi connectivity index (χ2v) is 7.07. The topological polar surface area (TPSA) is 80.0 Å². The Morgan fingerprint density at radius 3 is 2.46 bits per heavy atom. The molecule has 0 aliphatic carbocycles. The van der Waals surface area contributed by atoms with E-state index in [9.17, 15) is 14.7 Å². The maximum absolute atomic E-state index is 12.0. The predicted octanol–water partition coefficient (Wildman–Crippen LogP) is 3.92. The first-order chi connectivity index (χ1) is 13.4. The molecule has 0 aliphatic rings. The lowest BCUT2D eigenvalue weighted by Gasteiger charge is -2.23. The smallest absolute Gasteiger partial charge is 0.336 e. The van der Waals surface area contributed by atoms with Gasteiger partial charge in [-0.15, -0.1) is 0 Å². The summed E-state index contributed by atoms with van der Waals surface area (Å²) in [5, 5.41) is 11.7. The molecule has 1 aromatic carbocycles. The first-order valence-corrected chi connectivity index (χ1v) is 10.1. The van der Waals surface area contributed by atoms with E-state index in [1.807, 2.05) is 13.0 Å². The van der Waals surface area contributed by atoms with Crippen LogP contribution in [0.4, 0.5) is 0 Å². The van der Waals surface area contributed by atoms with Gasteiger partial charge < -0.3 is 14.3 Å². The van der Waals surface area contributed by atoms with Gasteiger partial charge in [0.1, 0.15) is 11.3 Å². The van der Waals surface area contributed by atoms with E-state index in [1.54, 1.807) is 6.92 Å². The average molecular weight is 389 g/mol. The second kappa shape index (κ2) is 10.3. The van der Waals surface area contributed by atoms with E-state index in [-0.39, 0.29) is 18.1 Å². The van der Waals surface area contributed by atoms with Crippen LogP contribution in [0.5, 0.6) is 5.75 Å². The van der Waals surface area contributed by atoms with Crippen LogP contribution in [-0.4, -0.2) is 35.7 Å². The number of carbonyl (C=O) groups is 1. The first-order valence-electron chi connectivity index (χ1n) is 10.1. The number of carbonyl (C=O) groups excluding carboxylic acids is 1. The van der Waals surface area contributed by atoms with E-state index in [0.717, 1.165) is 36.9 Å². The Bertz CT molecular complexity index is 865. The number of aryl methyl sites for hydroxylation is 2. The van der Waals surface area contributed by atoms with Gasteiger partial charge in [0, 0.05) is 24.4 Å². The van der Waals surface area contributed by atoms with Gasteiger partial charge in [0.05, 0.1) is 12.2 Å². The van der Waals surface area contributed by atoms with Gasteiger partial charge in [0.15, 0.2) is 0 Å². The number of aromatic hydroxyl groups is 1. The monoisotopic (exact) mass is 389 g/mol. The van der Waals surface area contributed by atoms with Gasteiger partial charge in [-0.25, -0.2) is 4.79 Å². The highest BCUT2D eigenvalue weighted by atomic mass is 16.5. The van der Waals surface area contributed by atoms with Crippen LogP contribution in [0.2, 0.25) is 0 Å². The minimum atomic E-state index is -0.428. The summed E-state index contributed by atoms with van der Waals surface area (Å²) < 4.78 is 10.5. The van der Waals surface area contributed by atoms with Gasteiger partial charge in [-0.05, 0) is 63.4 Å². The summed E-state index contributed by atoms with van der Waals surface area (Å²) in [6.07, 6.45) is 2.54. The molecular formula is C22H31NO5. The number of rotatable bonds is 10. The number of nitrogens with zero attached hydrogens (tertiary/aromatic N) is 1. The molecule has 0 spiro atoms. The van der Waals surface area contributed by atoms with Gasteiger partial charge in [-0.3, -0.25) is 9.69 Å². The molecular weight excluding hydrogens is 358 g/mol. The normalized spacial score (nSPS) is 11.3. The molecule has 1 aromatic heterocycles. The van der Waals surface area contributed by atoms with Crippen molar-refractivity contribution in [3.63, 3.8) is 0 Å². The largest absolute Gasteiger partial charge is 0.507 e. The summed E-state index contributed by atoms with van der Waals surface area (Å²) in [5.41, 5.74) is 2.07. The lowest BCUT2D eigenvalue weighted by molar-refractivity contribution is -0.143. The number of phenols is 1. The molecule has 0 unspecified atom stereocenters. The molecule has 1 heterocycles. The van der Waals surface area contributed by atoms with E-state index in [0.29, 0.717) is 36.3 Å². The minimum absolute atomic E-state index is 0.0998. The highest BCUT2D eigenvalue weighted by molar-refractivity contribution is 5.86. The van der Waals surface area contributed by atoms with Crippen LogP contribution in [-0.2, 0) is 22.5 Å². The van der Waals surface area contributed by atoms with Crippen molar-refractivity contribution < 1.29 is 19.1 Å². The first kappa shape index (κ1) is 22.0. The molecule has 6 nitrogen and oxygen atoms in total. The van der Waals surface area contributed by atoms with E-state index in [1.165, 1.54) is 6.07 Å². The standard InChI is InChI=1S/C22H31NO5/c1-5-10-23(11-6-2)14-18-21(26)16(8-9-19(24)27-7-3)13-17-15(4)12-20(25)28-22(17)18/h12-13,26H,5-11,14H2,1-4H3. The molecule has 0 bridgehead atoms. The molecule has 2 aromatic rings. The molecule has 0 saturated heterocycles. The third-order valence-electron chi connectivity index (χ3n) is 4.75. The number of fused-ring (bicyclic) bond motifs is 1. The Morgan fingerprint density at radius 1 is 1.18 bits per heavy atom. The van der Waals surface area contributed by atoms with E-state index in [2.05, 4.69) is 18.7 Å². The zero-order valence-electron chi connectivity index (χ0n) is 17.3. The Morgan fingerprint density at radius 2 is 1.86 bits per heavy atom. The van der Waals surface area contributed by atoms with Crippen LogP contribution in [0, 0.1) is 6.92 Å². The number of benzene rings is 1. The van der Waals surface area contributed by atoms with Crippen molar-refractivity contribution in [2.45, 2.75) is 59.9 Å². The van der Waals surface area contributed by atoms with Crippen LogP contribution in [0.1, 0.15) is 56.7 Å². The number of hydrogen-bond donors (Lipinski definition) is 1. The van der Waals surface area contributed by atoms with Crippen LogP contribution in [0.3, 0.4) is 0 Å². The second-order valence-electron chi connectivity index (χ2n) is 7.07. The fraction of sp³-hybridized carbons (Fsp3) is 0.545. The molecule has 0 amide bonds. The predicted molar refractivity (Wildman–Crippen MR) is 110 cm³/mol. The maximum atomic E-state index is 12.0. The van der Waals surface area contributed by atoms with Crippen LogP contribution >= 0.6 is 0 Å². The highest BCUT2D eigenvalue weighted by Gasteiger charge is 2.19. The third kappa shape index (κ3) is 5.35. The Balaban J connectivity index is 2.52. The zero-order valence-corrected chi connectivity index (χ0v) is 17.3. The Labute approximate surface area is 166 Å². The van der Waals surface area contributed by atoms with Crippen molar-refractivity contribution in [3.8, 4) is 5.75 Å². The summed E-state index contributed by atoms with van der Waals surface area (Å²) in [7, 11) is 0. The average Bonchev–Trinajstić information content (AvgIpc) is 2.63. The molecule has 28 heavy (non-hydrogen) atoms. The molecule has 0 radical (unpaired) electrons. The van der Waals surface area contributed by atoms with E-state index < -0.39 is 5.63 Å². The van der Waals surface area contributed by atoms with E-state index in [4.69, 9.17) is 9.15 Å². The molecule has 0 saturated carbocycles. The summed E-state index contributed by atoms with van der Waals surface area (Å²) >= 11 is 0. The molecule has 0 fully saturated rings. The number of ether oxygens (including phenoxy) is 1. The number of hydrogen-bond acceptors (Lipinski definition) is 6. The zero-order chi connectivity index (χ0) is 20.7. The SMILES string of the molecule is CCCN(CCC)Cc1c(O)c(CCC(=O)OCC)cc2c(C)cc(=O)oc12. The van der Waals surface area contributed by atoms with Gasteiger partial charge >= 0.3 is 11.6 Å². The van der Waals surface area contributed by atoms with Crippen LogP contribution in [0.25, 0.3) is 11.0 Å². The van der Waals surface area contributed by atoms with Gasteiger partial charge in [-0.2, -0.15) is 0 Å². The van der Waals surface area contributed by atoms with Gasteiger partial charge in [-0.1, -0.05) is 13.8 Å². The van der Waals surface area contributed by atoms with Gasteiger partial charge in [0.25, 0.3) is 0 Å². The lowest BCUT2D eigenvalue weighted by atomic mass is 9.98. The molecule has 6 heteroatoms. The van der Waals surface area contributed by atoms with Gasteiger partial charge in [0.2, 0.25) is 0 Å². The molecule has 0 aliphatic heterocycles. The van der Waals surface area contributed by atoms with E-state index >= 15 is 0 Å². The summed E-state index contributed by atoms with van der Waals surface area (Å²) in [6, 6.07) is 3.27. The van der Waals surface area contributed by atoms with Crippen molar-refractivity contribution in [2.24, 2.45) is 0 Å². The fourth-order valence-corrected chi connectivity index (χ4v) is 3.50. The summed E-state index contributed by atoms with van der Waals surface area (Å²) in [4.78, 5) is 26.0. The number of esters is 1. The van der Waals surface area contributed by atoms with Crippen LogP contribution < -0.4 is 5.63 Å². The summed E-state index contributed by atoms with van der Waals surface area (Å²) in [5.74, 6) is -0.193. The van der Waals surface area contributed by atoms with Crippen LogP contribution in [0.15, 0.2) is 21.3 Å². The molecule has 0 atom stereocenters. The molecule has 1 N–H and O–H groups in total. The third-order valence-corrected chi connectivity index (χ3v) is 4.75. The maximum Gasteiger partial charge on any atom is 0.336 e. The molecule has 2 rings (SSSR count). The quantitative estimate of drug-likeness (QED) is 0.490. The highest BCUT2D eigenvalue weighted by Crippen LogP contribution is 2.34. The Hall–Kier alpha value is -2.34. The minimum Gasteiger partial charge on any atom is -0.507 e. The molecule has 154 valence electrons. The summed E-state index contributed by atoms with van der Waals surface area (Å²) in [6.45, 7) is 10.4. The Kier molecular flexibility index (Phi) is 8.05. The van der Waals surface area contributed by atoms with Crippen molar-refractivity contribution in [1.82, 2.24) is 4.90 Å².